The lowest BCUT2D eigenvalue weighted by molar-refractivity contribution is -0.146. The first-order valence-corrected chi connectivity index (χ1v) is 17.0. The van der Waals surface area contributed by atoms with Crippen molar-refractivity contribution in [2.45, 2.75) is 130 Å². The van der Waals surface area contributed by atoms with Crippen LogP contribution in [0.5, 0.6) is 0 Å². The van der Waals surface area contributed by atoms with E-state index in [1.807, 2.05) is 13.8 Å². The minimum absolute atomic E-state index is 0.0111. The summed E-state index contributed by atoms with van der Waals surface area (Å²) in [5.74, 6) is -2.26. The molecule has 1 saturated carbocycles. The van der Waals surface area contributed by atoms with Crippen molar-refractivity contribution in [1.29, 1.82) is 0 Å². The van der Waals surface area contributed by atoms with Gasteiger partial charge in [0, 0.05) is 13.1 Å². The maximum Gasteiger partial charge on any atom is 0.325 e. The predicted molar refractivity (Wildman–Crippen MR) is 178 cm³/mol. The fraction of sp³-hybridized carbons (Fsp3) is 0.765. The van der Waals surface area contributed by atoms with E-state index in [0.29, 0.717) is 25.8 Å². The standard InChI is InChI=1S/C30H49N5O7.C4H10/c1-6-8-14-22(26(37)28(39)31-15-7-2)33-27(38)23-16-20(5)18-35(23)29(40)25(21-12-10-9-11-13-21)34-30(41)32-17-24(36)42-19(3)4;1-4(2)3/h7,19-23,25H,2,6,8-18H2,1,3-5H3,(H,31,39)(H,33,38)(H2,32,34,41);4H,1-3H3/t20-,22?,23?,25?;/m1./s1. The highest BCUT2D eigenvalue weighted by Crippen LogP contribution is 2.30. The number of unbranched alkanes of at least 4 members (excludes halogenated alkanes) is 1. The SMILES string of the molecule is C=CCNC(=O)C(=O)C(CCCC)NC(=O)C1C[C@@H](C)CN1C(=O)C(NC(=O)NCC(=O)OC(C)C)C1CCCCC1.CC(C)C. The molecule has 1 heterocycles. The van der Waals surface area contributed by atoms with Gasteiger partial charge < -0.3 is 30.9 Å². The lowest BCUT2D eigenvalue weighted by atomic mass is 9.83. The summed E-state index contributed by atoms with van der Waals surface area (Å²) in [5, 5.41) is 10.5. The number of esters is 1. The van der Waals surface area contributed by atoms with Crippen molar-refractivity contribution in [3.05, 3.63) is 12.7 Å². The summed E-state index contributed by atoms with van der Waals surface area (Å²) in [7, 11) is 0. The molecule has 46 heavy (non-hydrogen) atoms. The largest absolute Gasteiger partial charge is 0.462 e. The van der Waals surface area contributed by atoms with E-state index in [9.17, 15) is 28.8 Å². The van der Waals surface area contributed by atoms with Crippen LogP contribution in [0.25, 0.3) is 0 Å². The molecular formula is C34H59N5O7. The van der Waals surface area contributed by atoms with E-state index in [0.717, 1.165) is 44.4 Å². The van der Waals surface area contributed by atoms with Crippen LogP contribution in [0.15, 0.2) is 12.7 Å². The van der Waals surface area contributed by atoms with Gasteiger partial charge in [0.05, 0.1) is 12.1 Å². The van der Waals surface area contributed by atoms with Gasteiger partial charge in [-0.3, -0.25) is 24.0 Å². The molecule has 1 saturated heterocycles. The first kappa shape index (κ1) is 40.6. The molecule has 2 fully saturated rings. The Balaban J connectivity index is 0.00000249. The second-order valence-corrected chi connectivity index (χ2v) is 13.4. The average molecular weight is 650 g/mol. The van der Waals surface area contributed by atoms with Crippen molar-refractivity contribution in [3.63, 3.8) is 0 Å². The van der Waals surface area contributed by atoms with Crippen LogP contribution in [0.2, 0.25) is 0 Å². The van der Waals surface area contributed by atoms with Crippen molar-refractivity contribution in [1.82, 2.24) is 26.2 Å². The molecule has 0 aromatic heterocycles. The molecule has 1 aliphatic heterocycles. The van der Waals surface area contributed by atoms with Gasteiger partial charge in [-0.15, -0.1) is 6.58 Å². The number of carbonyl (C=O) groups is 6. The molecule has 4 atom stereocenters. The molecule has 2 rings (SSSR count). The maximum absolute atomic E-state index is 14.0. The van der Waals surface area contributed by atoms with E-state index in [2.05, 4.69) is 48.6 Å². The third-order valence-electron chi connectivity index (χ3n) is 7.64. The fourth-order valence-electron chi connectivity index (χ4n) is 5.57. The maximum atomic E-state index is 14.0. The Labute approximate surface area is 275 Å². The molecule has 0 spiro atoms. The normalized spacial score (nSPS) is 19.3. The summed E-state index contributed by atoms with van der Waals surface area (Å²) in [4.78, 5) is 79.0. The molecule has 12 heteroatoms. The third kappa shape index (κ3) is 14.8. The molecule has 4 N–H and O–H groups in total. The molecule has 0 bridgehead atoms. The Morgan fingerprint density at radius 3 is 2.15 bits per heavy atom. The van der Waals surface area contributed by atoms with Gasteiger partial charge in [0.2, 0.25) is 17.6 Å². The average Bonchev–Trinajstić information content (AvgIpc) is 3.40. The molecule has 2 aliphatic rings. The van der Waals surface area contributed by atoms with E-state index in [1.54, 1.807) is 13.8 Å². The van der Waals surface area contributed by atoms with E-state index in [1.165, 1.54) is 11.0 Å². The number of rotatable bonds is 15. The fourth-order valence-corrected chi connectivity index (χ4v) is 5.57. The van der Waals surface area contributed by atoms with Crippen molar-refractivity contribution >= 4 is 35.5 Å². The van der Waals surface area contributed by atoms with Gasteiger partial charge in [-0.2, -0.15) is 0 Å². The van der Waals surface area contributed by atoms with Crippen molar-refractivity contribution in [2.24, 2.45) is 17.8 Å². The van der Waals surface area contributed by atoms with Crippen LogP contribution in [0.3, 0.4) is 0 Å². The molecule has 0 radical (unpaired) electrons. The smallest absolute Gasteiger partial charge is 0.325 e. The highest BCUT2D eigenvalue weighted by Gasteiger charge is 2.43. The van der Waals surface area contributed by atoms with Gasteiger partial charge >= 0.3 is 12.0 Å². The first-order valence-electron chi connectivity index (χ1n) is 17.0. The number of likely N-dealkylation sites (tertiary alicyclic amines) is 1. The van der Waals surface area contributed by atoms with E-state index in [-0.39, 0.29) is 36.9 Å². The zero-order valence-corrected chi connectivity index (χ0v) is 29.1. The minimum atomic E-state index is -1.02. The van der Waals surface area contributed by atoms with Crippen LogP contribution in [-0.2, 0) is 28.7 Å². The van der Waals surface area contributed by atoms with Gasteiger partial charge in [-0.05, 0) is 57.3 Å². The Hall–Kier alpha value is -3.44. The predicted octanol–water partition coefficient (Wildman–Crippen LogP) is 3.63. The highest BCUT2D eigenvalue weighted by atomic mass is 16.5. The van der Waals surface area contributed by atoms with Crippen LogP contribution >= 0.6 is 0 Å². The highest BCUT2D eigenvalue weighted by molar-refractivity contribution is 6.38. The second-order valence-electron chi connectivity index (χ2n) is 13.4. The van der Waals surface area contributed by atoms with Crippen molar-refractivity contribution in [2.75, 3.05) is 19.6 Å². The van der Waals surface area contributed by atoms with Crippen molar-refractivity contribution in [3.8, 4) is 0 Å². The number of Topliss-reactive ketones (excluding diaryl/α,β-unsaturated/α-hetero) is 1. The lowest BCUT2D eigenvalue weighted by Gasteiger charge is -2.35. The van der Waals surface area contributed by atoms with Crippen LogP contribution in [-0.4, -0.2) is 84.3 Å². The van der Waals surface area contributed by atoms with Gasteiger partial charge in [0.15, 0.2) is 0 Å². The Kier molecular flexibility index (Phi) is 18.9. The first-order chi connectivity index (χ1) is 21.7. The van der Waals surface area contributed by atoms with E-state index < -0.39 is 47.7 Å². The molecule has 1 aliphatic carbocycles. The summed E-state index contributed by atoms with van der Waals surface area (Å²) < 4.78 is 5.06. The van der Waals surface area contributed by atoms with Crippen LogP contribution < -0.4 is 21.3 Å². The summed E-state index contributed by atoms with van der Waals surface area (Å²) in [6.45, 7) is 17.4. The zero-order valence-electron chi connectivity index (χ0n) is 29.1. The molecule has 5 amide bonds. The quantitative estimate of drug-likeness (QED) is 0.120. The number of carbonyl (C=O) groups excluding carboxylic acids is 6. The number of hydrogen-bond acceptors (Lipinski definition) is 7. The van der Waals surface area contributed by atoms with Crippen molar-refractivity contribution < 1.29 is 33.5 Å². The molecule has 12 nitrogen and oxygen atoms in total. The van der Waals surface area contributed by atoms with Crippen LogP contribution in [0, 0.1) is 17.8 Å². The van der Waals surface area contributed by atoms with E-state index >= 15 is 0 Å². The number of nitrogens with one attached hydrogen (secondary N) is 4. The number of hydrogen-bond donors (Lipinski definition) is 4. The van der Waals surface area contributed by atoms with Gasteiger partial charge in [-0.1, -0.05) is 72.8 Å². The minimum Gasteiger partial charge on any atom is -0.462 e. The second kappa shape index (κ2) is 21.4. The Bertz CT molecular complexity index is 1020. The van der Waals surface area contributed by atoms with Crippen LogP contribution in [0.1, 0.15) is 106 Å². The third-order valence-corrected chi connectivity index (χ3v) is 7.64. The molecule has 262 valence electrons. The summed E-state index contributed by atoms with van der Waals surface area (Å²) >= 11 is 0. The molecule has 3 unspecified atom stereocenters. The summed E-state index contributed by atoms with van der Waals surface area (Å²) in [6.07, 6.45) is 7.61. The number of amides is 5. The number of ether oxygens (including phenoxy) is 1. The molecule has 0 aromatic rings. The molecule has 0 aromatic carbocycles. The Morgan fingerprint density at radius 1 is 0.957 bits per heavy atom. The van der Waals surface area contributed by atoms with Crippen LogP contribution in [0.4, 0.5) is 4.79 Å². The van der Waals surface area contributed by atoms with Gasteiger partial charge in [0.1, 0.15) is 18.6 Å². The van der Waals surface area contributed by atoms with E-state index in [4.69, 9.17) is 4.74 Å². The number of urea groups is 1. The van der Waals surface area contributed by atoms with Gasteiger partial charge in [0.25, 0.3) is 5.91 Å². The summed E-state index contributed by atoms with van der Waals surface area (Å²) in [6, 6.07) is -3.41. The Morgan fingerprint density at radius 2 is 1.59 bits per heavy atom. The number of ketones is 1. The van der Waals surface area contributed by atoms with Gasteiger partial charge in [-0.25, -0.2) is 4.79 Å². The molecular weight excluding hydrogens is 590 g/mol. The zero-order chi connectivity index (χ0) is 34.8. The number of nitrogens with zero attached hydrogens (tertiary/aromatic N) is 1. The topological polar surface area (TPSA) is 163 Å². The monoisotopic (exact) mass is 649 g/mol. The summed E-state index contributed by atoms with van der Waals surface area (Å²) in [5.41, 5.74) is 0. The lowest BCUT2D eigenvalue weighted by Crippen LogP contribution is -2.59.